The summed E-state index contributed by atoms with van der Waals surface area (Å²) in [5, 5.41) is 0. The Bertz CT molecular complexity index is 451. The molecule has 0 aliphatic carbocycles. The van der Waals surface area contributed by atoms with Gasteiger partial charge in [0.2, 0.25) is 0 Å². The third-order valence-electron chi connectivity index (χ3n) is 2.29. The smallest absolute Gasteiger partial charge is 0.181 e. The van der Waals surface area contributed by atoms with Crippen LogP contribution >= 0.6 is 12.4 Å². The van der Waals surface area contributed by atoms with Crippen LogP contribution in [0.2, 0.25) is 0 Å². The largest absolute Gasteiger partial charge is 0.442 e. The summed E-state index contributed by atoms with van der Waals surface area (Å²) in [4.78, 5) is 8.31. The van der Waals surface area contributed by atoms with Crippen molar-refractivity contribution in [3.05, 3.63) is 36.0 Å². The van der Waals surface area contributed by atoms with Crippen molar-refractivity contribution in [3.63, 3.8) is 0 Å². The molecule has 16 heavy (non-hydrogen) atoms. The number of oxazole rings is 1. The van der Waals surface area contributed by atoms with Gasteiger partial charge < -0.3 is 10.2 Å². The Morgan fingerprint density at radius 1 is 1.31 bits per heavy atom. The van der Waals surface area contributed by atoms with Crippen molar-refractivity contribution in [2.24, 2.45) is 5.73 Å². The Morgan fingerprint density at radius 3 is 2.50 bits per heavy atom. The maximum absolute atomic E-state index is 5.74. The van der Waals surface area contributed by atoms with Gasteiger partial charge >= 0.3 is 0 Å². The number of hydrogen-bond acceptors (Lipinski definition) is 4. The fraction of sp³-hybridized carbons (Fsp3) is 0.273. The molecule has 0 amide bonds. The van der Waals surface area contributed by atoms with Gasteiger partial charge in [-0.1, -0.05) is 6.07 Å². The summed E-state index contributed by atoms with van der Waals surface area (Å²) >= 11 is 0. The monoisotopic (exact) mass is 239 g/mol. The first-order chi connectivity index (χ1) is 7.18. The van der Waals surface area contributed by atoms with Gasteiger partial charge in [0.05, 0.1) is 5.69 Å². The Hall–Kier alpha value is -1.39. The molecular formula is C11H14ClN3O. The predicted molar refractivity (Wildman–Crippen MR) is 64.3 cm³/mol. The molecule has 0 fully saturated rings. The lowest BCUT2D eigenvalue weighted by Gasteiger charge is -2.04. The van der Waals surface area contributed by atoms with Crippen LogP contribution in [0, 0.1) is 6.92 Å². The number of nitrogens with zero attached hydrogens (tertiary/aromatic N) is 2. The predicted octanol–water partition coefficient (Wildman–Crippen LogP) is 2.49. The standard InChI is InChI=1S/C11H13N3O.ClH/c1-7(12)9-3-4-10(13-5-9)11-8(2)14-6-15-11;/h3-7H,12H2,1-2H3;1H/t7-;/m0./s1. The highest BCUT2D eigenvalue weighted by atomic mass is 35.5. The molecule has 2 aromatic rings. The fourth-order valence-electron chi connectivity index (χ4n) is 1.36. The van der Waals surface area contributed by atoms with E-state index in [1.807, 2.05) is 26.0 Å². The van der Waals surface area contributed by atoms with Crippen molar-refractivity contribution in [2.45, 2.75) is 19.9 Å². The molecule has 2 rings (SSSR count). The number of aromatic nitrogens is 2. The van der Waals surface area contributed by atoms with Crippen LogP contribution in [0.25, 0.3) is 11.5 Å². The van der Waals surface area contributed by atoms with Gasteiger partial charge in [-0.3, -0.25) is 4.98 Å². The summed E-state index contributed by atoms with van der Waals surface area (Å²) in [6.07, 6.45) is 3.19. The van der Waals surface area contributed by atoms with E-state index in [9.17, 15) is 0 Å². The molecule has 0 radical (unpaired) electrons. The summed E-state index contributed by atoms with van der Waals surface area (Å²) < 4.78 is 5.25. The lowest BCUT2D eigenvalue weighted by molar-refractivity contribution is 0.569. The molecule has 2 N–H and O–H groups in total. The highest BCUT2D eigenvalue weighted by Gasteiger charge is 2.08. The molecule has 1 atom stereocenters. The van der Waals surface area contributed by atoms with E-state index in [0.717, 1.165) is 17.0 Å². The molecule has 0 spiro atoms. The van der Waals surface area contributed by atoms with Crippen molar-refractivity contribution in [1.29, 1.82) is 0 Å². The molecule has 0 aliphatic rings. The van der Waals surface area contributed by atoms with Gasteiger partial charge in [0.1, 0.15) is 5.69 Å². The minimum absolute atomic E-state index is 0. The molecular weight excluding hydrogens is 226 g/mol. The van der Waals surface area contributed by atoms with Crippen molar-refractivity contribution in [2.75, 3.05) is 0 Å². The Morgan fingerprint density at radius 2 is 2.06 bits per heavy atom. The molecule has 5 heteroatoms. The summed E-state index contributed by atoms with van der Waals surface area (Å²) in [6, 6.07) is 3.85. The molecule has 2 heterocycles. The Kier molecular flexibility index (Phi) is 4.04. The quantitative estimate of drug-likeness (QED) is 0.875. The second kappa shape index (κ2) is 5.09. The summed E-state index contributed by atoms with van der Waals surface area (Å²) in [5.74, 6) is 0.714. The van der Waals surface area contributed by atoms with Crippen LogP contribution in [-0.4, -0.2) is 9.97 Å². The summed E-state index contributed by atoms with van der Waals surface area (Å²) in [5.41, 5.74) is 8.38. The number of halogens is 1. The first-order valence-electron chi connectivity index (χ1n) is 4.80. The third kappa shape index (κ3) is 2.40. The zero-order chi connectivity index (χ0) is 10.8. The average molecular weight is 240 g/mol. The Balaban J connectivity index is 0.00000128. The van der Waals surface area contributed by atoms with Gasteiger partial charge in [-0.2, -0.15) is 0 Å². The topological polar surface area (TPSA) is 64.9 Å². The highest BCUT2D eigenvalue weighted by Crippen LogP contribution is 2.21. The van der Waals surface area contributed by atoms with Crippen LogP contribution in [0.3, 0.4) is 0 Å². The fourth-order valence-corrected chi connectivity index (χ4v) is 1.36. The maximum Gasteiger partial charge on any atom is 0.181 e. The van der Waals surface area contributed by atoms with Crippen LogP contribution in [0.1, 0.15) is 24.2 Å². The molecule has 0 aliphatic heterocycles. The molecule has 0 saturated heterocycles. The van der Waals surface area contributed by atoms with Crippen molar-refractivity contribution in [3.8, 4) is 11.5 Å². The van der Waals surface area contributed by atoms with Crippen molar-refractivity contribution < 1.29 is 4.42 Å². The van der Waals surface area contributed by atoms with Crippen LogP contribution in [0.4, 0.5) is 0 Å². The van der Waals surface area contributed by atoms with Gasteiger partial charge in [0.15, 0.2) is 12.2 Å². The van der Waals surface area contributed by atoms with E-state index < -0.39 is 0 Å². The molecule has 4 nitrogen and oxygen atoms in total. The zero-order valence-electron chi connectivity index (χ0n) is 9.18. The highest BCUT2D eigenvalue weighted by molar-refractivity contribution is 5.85. The maximum atomic E-state index is 5.74. The van der Waals surface area contributed by atoms with Crippen molar-refractivity contribution >= 4 is 12.4 Å². The molecule has 0 saturated carbocycles. The van der Waals surface area contributed by atoms with E-state index in [0.29, 0.717) is 5.76 Å². The number of rotatable bonds is 2. The van der Waals surface area contributed by atoms with Crippen LogP contribution in [-0.2, 0) is 0 Å². The van der Waals surface area contributed by atoms with E-state index in [-0.39, 0.29) is 18.4 Å². The van der Waals surface area contributed by atoms with E-state index in [4.69, 9.17) is 10.2 Å². The summed E-state index contributed by atoms with van der Waals surface area (Å²) in [6.45, 7) is 3.82. The van der Waals surface area contributed by atoms with Gasteiger partial charge in [0.25, 0.3) is 0 Å². The first kappa shape index (κ1) is 12.7. The number of hydrogen-bond donors (Lipinski definition) is 1. The van der Waals surface area contributed by atoms with Gasteiger partial charge in [0, 0.05) is 12.2 Å². The number of aryl methyl sites for hydroxylation is 1. The van der Waals surface area contributed by atoms with Gasteiger partial charge in [-0.25, -0.2) is 4.98 Å². The average Bonchev–Trinajstić information content (AvgIpc) is 2.65. The molecule has 0 bridgehead atoms. The van der Waals surface area contributed by atoms with E-state index in [1.165, 1.54) is 6.39 Å². The van der Waals surface area contributed by atoms with Gasteiger partial charge in [-0.15, -0.1) is 12.4 Å². The normalized spacial score (nSPS) is 11.9. The minimum atomic E-state index is 0. The lowest BCUT2D eigenvalue weighted by atomic mass is 10.1. The molecule has 0 aromatic carbocycles. The zero-order valence-corrected chi connectivity index (χ0v) is 9.99. The molecule has 86 valence electrons. The number of nitrogens with two attached hydrogens (primary N) is 1. The second-order valence-electron chi connectivity index (χ2n) is 3.53. The molecule has 2 aromatic heterocycles. The lowest BCUT2D eigenvalue weighted by Crippen LogP contribution is -2.05. The third-order valence-corrected chi connectivity index (χ3v) is 2.29. The molecule has 0 unspecified atom stereocenters. The minimum Gasteiger partial charge on any atom is -0.442 e. The van der Waals surface area contributed by atoms with E-state index >= 15 is 0 Å². The van der Waals surface area contributed by atoms with Crippen LogP contribution in [0.15, 0.2) is 29.1 Å². The SMILES string of the molecule is Cc1ncoc1-c1ccc([C@H](C)N)cn1.Cl. The number of pyridine rings is 1. The van der Waals surface area contributed by atoms with Crippen molar-refractivity contribution in [1.82, 2.24) is 9.97 Å². The van der Waals surface area contributed by atoms with Crippen LogP contribution < -0.4 is 5.73 Å². The van der Waals surface area contributed by atoms with E-state index in [2.05, 4.69) is 9.97 Å². The van der Waals surface area contributed by atoms with Crippen LogP contribution in [0.5, 0.6) is 0 Å². The van der Waals surface area contributed by atoms with E-state index in [1.54, 1.807) is 6.20 Å². The Labute approximate surface area is 100 Å². The second-order valence-corrected chi connectivity index (χ2v) is 3.53. The summed E-state index contributed by atoms with van der Waals surface area (Å²) in [7, 11) is 0. The van der Waals surface area contributed by atoms with Gasteiger partial charge in [-0.05, 0) is 25.5 Å². The first-order valence-corrected chi connectivity index (χ1v) is 4.80.